The number of nitrogens with zero attached hydrogens (tertiary/aromatic N) is 2. The van der Waals surface area contributed by atoms with Crippen molar-refractivity contribution >= 4 is 29.2 Å². The lowest BCUT2D eigenvalue weighted by atomic mass is 10.1. The molecule has 0 radical (unpaired) electrons. The number of aromatic nitrogens is 1. The Labute approximate surface area is 133 Å². The lowest BCUT2D eigenvalue weighted by molar-refractivity contribution is -0.121. The highest BCUT2D eigenvalue weighted by Crippen LogP contribution is 2.23. The number of anilines is 2. The van der Waals surface area contributed by atoms with Gasteiger partial charge in [-0.15, -0.1) is 0 Å². The van der Waals surface area contributed by atoms with Crippen LogP contribution in [-0.4, -0.2) is 22.7 Å². The first-order chi connectivity index (χ1) is 11.1. The van der Waals surface area contributed by atoms with E-state index in [2.05, 4.69) is 10.3 Å². The molecule has 0 bridgehead atoms. The summed E-state index contributed by atoms with van der Waals surface area (Å²) in [5.41, 5.74) is 1.63. The number of rotatable bonds is 3. The van der Waals surface area contributed by atoms with E-state index in [4.69, 9.17) is 0 Å². The molecule has 3 amide bonds. The highest BCUT2D eigenvalue weighted by molar-refractivity contribution is 6.20. The molecule has 1 N–H and O–H groups in total. The number of pyridine rings is 1. The van der Waals surface area contributed by atoms with Gasteiger partial charge in [0.1, 0.15) is 5.82 Å². The molecule has 0 atom stereocenters. The number of hydrogen-bond acceptors (Lipinski definition) is 4. The molecule has 1 aromatic heterocycles. The zero-order valence-corrected chi connectivity index (χ0v) is 12.6. The molecule has 6 nitrogen and oxygen atoms in total. The minimum absolute atomic E-state index is 0.211. The van der Waals surface area contributed by atoms with Gasteiger partial charge >= 0.3 is 0 Å². The summed E-state index contributed by atoms with van der Waals surface area (Å²) in [6.45, 7) is 1.85. The van der Waals surface area contributed by atoms with Crippen LogP contribution in [0.15, 0.2) is 42.6 Å². The molecule has 1 aliphatic heterocycles. The standard InChI is InChI=1S/C17H15N3O3/c1-11-4-3-9-18-16(11)19-17(23)12-5-2-6-13(10-12)20-14(21)7-8-15(20)22/h2-6,9-10H,7-8H2,1H3,(H,18,19,23). The van der Waals surface area contributed by atoms with Gasteiger partial charge in [0.25, 0.3) is 5.91 Å². The highest BCUT2D eigenvalue weighted by atomic mass is 16.2. The van der Waals surface area contributed by atoms with Crippen molar-refractivity contribution in [2.75, 3.05) is 10.2 Å². The Morgan fingerprint density at radius 3 is 2.57 bits per heavy atom. The maximum absolute atomic E-state index is 12.4. The Balaban J connectivity index is 1.85. The summed E-state index contributed by atoms with van der Waals surface area (Å²) >= 11 is 0. The monoisotopic (exact) mass is 309 g/mol. The fraction of sp³-hybridized carbons (Fsp3) is 0.176. The molecule has 1 fully saturated rings. The van der Waals surface area contributed by atoms with Gasteiger partial charge in [-0.25, -0.2) is 4.98 Å². The van der Waals surface area contributed by atoms with Gasteiger partial charge in [-0.2, -0.15) is 0 Å². The number of carbonyl (C=O) groups excluding carboxylic acids is 3. The first-order valence-electron chi connectivity index (χ1n) is 7.25. The summed E-state index contributed by atoms with van der Waals surface area (Å²) in [4.78, 5) is 41.2. The number of carbonyl (C=O) groups is 3. The van der Waals surface area contributed by atoms with Crippen molar-refractivity contribution in [3.63, 3.8) is 0 Å². The summed E-state index contributed by atoms with van der Waals surface area (Å²) in [7, 11) is 0. The smallest absolute Gasteiger partial charge is 0.256 e. The van der Waals surface area contributed by atoms with Gasteiger partial charge in [-0.3, -0.25) is 19.3 Å². The molecule has 1 aliphatic rings. The molecule has 23 heavy (non-hydrogen) atoms. The zero-order chi connectivity index (χ0) is 16.4. The minimum Gasteiger partial charge on any atom is -0.306 e. The van der Waals surface area contributed by atoms with E-state index in [0.29, 0.717) is 17.1 Å². The van der Waals surface area contributed by atoms with E-state index < -0.39 is 0 Å². The van der Waals surface area contributed by atoms with Crippen LogP contribution in [0.25, 0.3) is 0 Å². The van der Waals surface area contributed by atoms with Crippen molar-refractivity contribution in [2.24, 2.45) is 0 Å². The number of hydrogen-bond donors (Lipinski definition) is 1. The van der Waals surface area contributed by atoms with Gasteiger partial charge in [0.2, 0.25) is 11.8 Å². The maximum Gasteiger partial charge on any atom is 0.256 e. The molecule has 6 heteroatoms. The second kappa shape index (κ2) is 6.00. The number of aryl methyl sites for hydroxylation is 1. The molecular weight excluding hydrogens is 294 g/mol. The van der Waals surface area contributed by atoms with E-state index in [1.807, 2.05) is 13.0 Å². The Bertz CT molecular complexity index is 785. The van der Waals surface area contributed by atoms with Gasteiger partial charge < -0.3 is 5.32 Å². The summed E-state index contributed by atoms with van der Waals surface area (Å²) in [6, 6.07) is 10.1. The molecule has 2 aromatic rings. The first-order valence-corrected chi connectivity index (χ1v) is 7.25. The van der Waals surface area contributed by atoms with Crippen molar-refractivity contribution in [1.82, 2.24) is 4.98 Å². The van der Waals surface area contributed by atoms with Crippen molar-refractivity contribution in [3.05, 3.63) is 53.7 Å². The summed E-state index contributed by atoms with van der Waals surface area (Å²) in [5.74, 6) is -0.342. The lowest BCUT2D eigenvalue weighted by Gasteiger charge is -2.15. The van der Waals surface area contributed by atoms with Gasteiger partial charge in [0.05, 0.1) is 5.69 Å². The van der Waals surface area contributed by atoms with Crippen molar-refractivity contribution in [3.8, 4) is 0 Å². The van der Waals surface area contributed by atoms with E-state index >= 15 is 0 Å². The molecule has 3 rings (SSSR count). The number of nitrogens with one attached hydrogen (secondary N) is 1. The highest BCUT2D eigenvalue weighted by Gasteiger charge is 2.30. The third kappa shape index (κ3) is 2.96. The van der Waals surface area contributed by atoms with Gasteiger partial charge in [0.15, 0.2) is 0 Å². The largest absolute Gasteiger partial charge is 0.306 e. The Morgan fingerprint density at radius 1 is 1.13 bits per heavy atom. The van der Waals surface area contributed by atoms with Gasteiger partial charge in [-0.1, -0.05) is 12.1 Å². The second-order valence-corrected chi connectivity index (χ2v) is 5.30. The quantitative estimate of drug-likeness (QED) is 0.882. The molecule has 0 aliphatic carbocycles. The van der Waals surface area contributed by atoms with Crippen molar-refractivity contribution in [1.29, 1.82) is 0 Å². The van der Waals surface area contributed by atoms with Crippen molar-refractivity contribution in [2.45, 2.75) is 19.8 Å². The predicted octanol–water partition coefficient (Wildman–Crippen LogP) is 2.30. The van der Waals surface area contributed by atoms with E-state index in [0.717, 1.165) is 10.5 Å². The van der Waals surface area contributed by atoms with Crippen LogP contribution in [0.2, 0.25) is 0 Å². The van der Waals surface area contributed by atoms with Crippen LogP contribution < -0.4 is 10.2 Å². The van der Waals surface area contributed by atoms with Crippen LogP contribution in [0, 0.1) is 6.92 Å². The maximum atomic E-state index is 12.4. The molecule has 0 saturated carbocycles. The van der Waals surface area contributed by atoms with Crippen LogP contribution in [0.4, 0.5) is 11.5 Å². The SMILES string of the molecule is Cc1cccnc1NC(=O)c1cccc(N2C(=O)CCC2=O)c1. The third-order valence-corrected chi connectivity index (χ3v) is 3.66. The minimum atomic E-state index is -0.340. The van der Waals surface area contributed by atoms with Crippen LogP contribution in [0.3, 0.4) is 0 Å². The predicted molar refractivity (Wildman–Crippen MR) is 85.1 cm³/mol. The van der Waals surface area contributed by atoms with Gasteiger partial charge in [-0.05, 0) is 36.8 Å². The van der Waals surface area contributed by atoms with Crippen LogP contribution in [0.1, 0.15) is 28.8 Å². The molecular formula is C17H15N3O3. The Hall–Kier alpha value is -3.02. The number of benzene rings is 1. The average Bonchev–Trinajstić information content (AvgIpc) is 2.88. The molecule has 0 spiro atoms. The Morgan fingerprint density at radius 2 is 1.87 bits per heavy atom. The average molecular weight is 309 g/mol. The Kier molecular flexibility index (Phi) is 3.89. The third-order valence-electron chi connectivity index (χ3n) is 3.66. The van der Waals surface area contributed by atoms with E-state index in [9.17, 15) is 14.4 Å². The molecule has 0 unspecified atom stereocenters. The van der Waals surface area contributed by atoms with E-state index in [-0.39, 0.29) is 30.6 Å². The molecule has 116 valence electrons. The first kappa shape index (κ1) is 14.9. The fourth-order valence-electron chi connectivity index (χ4n) is 2.45. The summed E-state index contributed by atoms with van der Waals surface area (Å²) in [6.07, 6.45) is 2.02. The van der Waals surface area contributed by atoms with Crippen LogP contribution in [0.5, 0.6) is 0 Å². The molecule has 2 heterocycles. The molecule has 1 aromatic carbocycles. The normalized spacial score (nSPS) is 14.2. The van der Waals surface area contributed by atoms with Crippen LogP contribution in [-0.2, 0) is 9.59 Å². The summed E-state index contributed by atoms with van der Waals surface area (Å²) < 4.78 is 0. The fourth-order valence-corrected chi connectivity index (χ4v) is 2.45. The van der Waals surface area contributed by atoms with E-state index in [1.54, 1.807) is 30.5 Å². The van der Waals surface area contributed by atoms with Crippen LogP contribution >= 0.6 is 0 Å². The summed E-state index contributed by atoms with van der Waals surface area (Å²) in [5, 5.41) is 2.73. The van der Waals surface area contributed by atoms with E-state index in [1.165, 1.54) is 6.07 Å². The lowest BCUT2D eigenvalue weighted by Crippen LogP contribution is -2.28. The zero-order valence-electron chi connectivity index (χ0n) is 12.6. The second-order valence-electron chi connectivity index (χ2n) is 5.30. The number of amides is 3. The van der Waals surface area contributed by atoms with Crippen molar-refractivity contribution < 1.29 is 14.4 Å². The van der Waals surface area contributed by atoms with Gasteiger partial charge in [0, 0.05) is 24.6 Å². The number of imide groups is 1. The topological polar surface area (TPSA) is 79.4 Å². The molecule has 1 saturated heterocycles.